The van der Waals surface area contributed by atoms with Crippen molar-refractivity contribution in [2.24, 2.45) is 0 Å². The Morgan fingerprint density at radius 1 is 1.39 bits per heavy atom. The Kier molecular flexibility index (Phi) is 4.88. The van der Waals surface area contributed by atoms with Gasteiger partial charge in [-0.15, -0.1) is 11.3 Å². The Morgan fingerprint density at radius 3 is 2.87 bits per heavy atom. The fourth-order valence-electron chi connectivity index (χ4n) is 2.64. The highest BCUT2D eigenvalue weighted by molar-refractivity contribution is 7.12. The van der Waals surface area contributed by atoms with E-state index in [0.29, 0.717) is 13.2 Å². The summed E-state index contributed by atoms with van der Waals surface area (Å²) in [6.07, 6.45) is 5.21. The number of ether oxygens (including phenoxy) is 1. The minimum absolute atomic E-state index is 0.0211. The van der Waals surface area contributed by atoms with Crippen molar-refractivity contribution in [1.29, 1.82) is 0 Å². The lowest BCUT2D eigenvalue weighted by Gasteiger charge is -2.37. The summed E-state index contributed by atoms with van der Waals surface area (Å²) in [6, 6.07) is 10.1. The van der Waals surface area contributed by atoms with Gasteiger partial charge in [-0.2, -0.15) is 0 Å². The van der Waals surface area contributed by atoms with E-state index in [-0.39, 0.29) is 18.1 Å². The topological polar surface area (TPSA) is 42.4 Å². The zero-order chi connectivity index (χ0) is 16.2. The van der Waals surface area contributed by atoms with Crippen LogP contribution in [0.5, 0.6) is 0 Å². The SMILES string of the molecule is Cc1ncc(/C=C\C(=O)N2C[C@H](c3ccccc3)OC[C@H]2C)s1. The average molecular weight is 328 g/mol. The molecule has 0 saturated carbocycles. The number of carbonyl (C=O) groups is 1. The van der Waals surface area contributed by atoms with Gasteiger partial charge < -0.3 is 9.64 Å². The molecule has 23 heavy (non-hydrogen) atoms. The predicted molar refractivity (Wildman–Crippen MR) is 92.2 cm³/mol. The highest BCUT2D eigenvalue weighted by Crippen LogP contribution is 2.25. The third-order valence-electron chi connectivity index (χ3n) is 3.92. The molecule has 2 atom stereocenters. The van der Waals surface area contributed by atoms with Crippen molar-refractivity contribution in [3.05, 3.63) is 58.1 Å². The fourth-order valence-corrected chi connectivity index (χ4v) is 3.33. The molecule has 1 aliphatic heterocycles. The molecule has 0 bridgehead atoms. The third-order valence-corrected chi connectivity index (χ3v) is 4.79. The summed E-state index contributed by atoms with van der Waals surface area (Å²) in [6.45, 7) is 5.11. The van der Waals surface area contributed by atoms with Crippen LogP contribution in [-0.2, 0) is 9.53 Å². The molecule has 1 fully saturated rings. The van der Waals surface area contributed by atoms with Crippen LogP contribution in [0.2, 0.25) is 0 Å². The van der Waals surface area contributed by atoms with Gasteiger partial charge in [0.25, 0.3) is 0 Å². The van der Waals surface area contributed by atoms with Crippen LogP contribution in [0.3, 0.4) is 0 Å². The Bertz CT molecular complexity index is 696. The van der Waals surface area contributed by atoms with Crippen molar-refractivity contribution in [2.45, 2.75) is 26.0 Å². The molecule has 0 unspecified atom stereocenters. The monoisotopic (exact) mass is 328 g/mol. The molecule has 120 valence electrons. The molecule has 0 N–H and O–H groups in total. The molecule has 2 aromatic rings. The van der Waals surface area contributed by atoms with Gasteiger partial charge >= 0.3 is 0 Å². The van der Waals surface area contributed by atoms with Gasteiger partial charge in [0.2, 0.25) is 5.91 Å². The first-order chi connectivity index (χ1) is 11.1. The Hall–Kier alpha value is -1.98. The van der Waals surface area contributed by atoms with Gasteiger partial charge in [-0.25, -0.2) is 4.98 Å². The minimum atomic E-state index is -0.0598. The number of aromatic nitrogens is 1. The molecule has 0 radical (unpaired) electrons. The molecule has 1 aliphatic rings. The molecule has 2 heterocycles. The first-order valence-corrected chi connectivity index (χ1v) is 8.53. The molecule has 5 heteroatoms. The molecular weight excluding hydrogens is 308 g/mol. The maximum Gasteiger partial charge on any atom is 0.247 e. The highest BCUT2D eigenvalue weighted by Gasteiger charge is 2.29. The van der Waals surface area contributed by atoms with Crippen molar-refractivity contribution in [1.82, 2.24) is 9.88 Å². The van der Waals surface area contributed by atoms with Gasteiger partial charge in [-0.3, -0.25) is 4.79 Å². The quantitative estimate of drug-likeness (QED) is 0.811. The van der Waals surface area contributed by atoms with E-state index < -0.39 is 0 Å². The number of hydrogen-bond acceptors (Lipinski definition) is 4. The summed E-state index contributed by atoms with van der Waals surface area (Å²) in [4.78, 5) is 19.6. The number of carbonyl (C=O) groups excluding carboxylic acids is 1. The maximum absolute atomic E-state index is 12.5. The van der Waals surface area contributed by atoms with E-state index in [2.05, 4.69) is 4.98 Å². The summed E-state index contributed by atoms with van der Waals surface area (Å²) in [5.41, 5.74) is 1.11. The van der Waals surface area contributed by atoms with E-state index in [1.807, 2.05) is 55.2 Å². The lowest BCUT2D eigenvalue weighted by molar-refractivity contribution is -0.139. The van der Waals surface area contributed by atoms with Crippen LogP contribution in [-0.4, -0.2) is 35.0 Å². The molecule has 0 aliphatic carbocycles. The van der Waals surface area contributed by atoms with Crippen LogP contribution in [0.1, 0.15) is 28.5 Å². The van der Waals surface area contributed by atoms with Gasteiger partial charge in [0, 0.05) is 17.2 Å². The Morgan fingerprint density at radius 2 is 2.17 bits per heavy atom. The smallest absolute Gasteiger partial charge is 0.247 e. The second-order valence-corrected chi connectivity index (χ2v) is 6.95. The Labute approximate surface area is 140 Å². The van der Waals surface area contributed by atoms with Crippen LogP contribution < -0.4 is 0 Å². The number of hydrogen-bond donors (Lipinski definition) is 0. The van der Waals surface area contributed by atoms with E-state index in [9.17, 15) is 4.79 Å². The summed E-state index contributed by atoms with van der Waals surface area (Å²) < 4.78 is 5.90. The molecular formula is C18H20N2O2S. The minimum Gasteiger partial charge on any atom is -0.370 e. The van der Waals surface area contributed by atoms with Gasteiger partial charge in [0.05, 0.1) is 24.2 Å². The normalized spacial score (nSPS) is 21.7. The lowest BCUT2D eigenvalue weighted by atomic mass is 10.1. The van der Waals surface area contributed by atoms with Crippen molar-refractivity contribution < 1.29 is 9.53 Å². The molecule has 4 nitrogen and oxygen atoms in total. The summed E-state index contributed by atoms with van der Waals surface area (Å²) in [5, 5.41) is 1.00. The van der Waals surface area contributed by atoms with Crippen molar-refractivity contribution in [2.75, 3.05) is 13.2 Å². The summed E-state index contributed by atoms with van der Waals surface area (Å²) in [7, 11) is 0. The number of benzene rings is 1. The van der Waals surface area contributed by atoms with E-state index in [4.69, 9.17) is 4.74 Å². The largest absolute Gasteiger partial charge is 0.370 e. The van der Waals surface area contributed by atoms with Gasteiger partial charge in [-0.1, -0.05) is 30.3 Å². The van der Waals surface area contributed by atoms with E-state index in [0.717, 1.165) is 15.4 Å². The number of rotatable bonds is 3. The number of amides is 1. The molecule has 1 saturated heterocycles. The van der Waals surface area contributed by atoms with Crippen LogP contribution in [0.15, 0.2) is 42.6 Å². The summed E-state index contributed by atoms with van der Waals surface area (Å²) >= 11 is 1.58. The molecule has 1 aromatic carbocycles. The standard InChI is InChI=1S/C18H20N2O2S/c1-13-12-22-17(15-6-4-3-5-7-15)11-20(13)18(21)9-8-16-10-19-14(2)23-16/h3-10,13,17H,11-12H2,1-2H3/b9-8-/t13-,17-/m1/s1. The molecule has 0 spiro atoms. The van der Waals surface area contributed by atoms with Gasteiger partial charge in [0.15, 0.2) is 0 Å². The van der Waals surface area contributed by atoms with E-state index in [1.165, 1.54) is 0 Å². The first-order valence-electron chi connectivity index (χ1n) is 7.71. The van der Waals surface area contributed by atoms with Crippen LogP contribution in [0.25, 0.3) is 6.08 Å². The Balaban J connectivity index is 1.69. The number of nitrogens with zero attached hydrogens (tertiary/aromatic N) is 2. The maximum atomic E-state index is 12.5. The van der Waals surface area contributed by atoms with Crippen LogP contribution >= 0.6 is 11.3 Å². The van der Waals surface area contributed by atoms with Gasteiger partial charge in [-0.05, 0) is 25.5 Å². The second-order valence-electron chi connectivity index (χ2n) is 5.69. The zero-order valence-corrected chi connectivity index (χ0v) is 14.1. The molecule has 3 rings (SSSR count). The van der Waals surface area contributed by atoms with Crippen LogP contribution in [0, 0.1) is 6.92 Å². The fraction of sp³-hybridized carbons (Fsp3) is 0.333. The number of morpholine rings is 1. The van der Waals surface area contributed by atoms with Crippen molar-refractivity contribution in [3.8, 4) is 0 Å². The molecule has 1 aromatic heterocycles. The molecule has 1 amide bonds. The van der Waals surface area contributed by atoms with E-state index in [1.54, 1.807) is 23.6 Å². The van der Waals surface area contributed by atoms with Crippen molar-refractivity contribution in [3.63, 3.8) is 0 Å². The van der Waals surface area contributed by atoms with Crippen LogP contribution in [0.4, 0.5) is 0 Å². The zero-order valence-electron chi connectivity index (χ0n) is 13.3. The summed E-state index contributed by atoms with van der Waals surface area (Å²) in [5.74, 6) is 0.0211. The van der Waals surface area contributed by atoms with E-state index >= 15 is 0 Å². The average Bonchev–Trinajstić information content (AvgIpc) is 2.99. The number of aryl methyl sites for hydroxylation is 1. The first kappa shape index (κ1) is 15.9. The predicted octanol–water partition coefficient (Wildman–Crippen LogP) is 3.45. The van der Waals surface area contributed by atoms with Gasteiger partial charge in [0.1, 0.15) is 6.10 Å². The van der Waals surface area contributed by atoms with Crippen molar-refractivity contribution >= 4 is 23.3 Å². The second kappa shape index (κ2) is 7.06. The lowest BCUT2D eigenvalue weighted by Crippen LogP contribution is -2.47. The number of thiazole rings is 1. The highest BCUT2D eigenvalue weighted by atomic mass is 32.1. The third kappa shape index (κ3) is 3.86.